The van der Waals surface area contributed by atoms with E-state index in [1.807, 2.05) is 122 Å². The number of halogens is 2. The molecular weight excluding hydrogens is 1280 g/mol. The first-order chi connectivity index (χ1) is 47.5. The highest BCUT2D eigenvalue weighted by Crippen LogP contribution is 2.22. The normalized spacial score (nSPS) is 10.9. The molecule has 11 rings (SSSR count). The number of para-hydroxylation sites is 4. The van der Waals surface area contributed by atoms with Crippen molar-refractivity contribution in [1.82, 2.24) is 29.5 Å². The number of fused-ring (bicyclic) bond motifs is 2. The van der Waals surface area contributed by atoms with Crippen molar-refractivity contribution in [3.05, 3.63) is 323 Å². The van der Waals surface area contributed by atoms with Crippen molar-refractivity contribution in [2.75, 3.05) is 18.5 Å². The molecule has 0 aliphatic carbocycles. The van der Waals surface area contributed by atoms with Gasteiger partial charge in [-0.1, -0.05) is 78.9 Å². The van der Waals surface area contributed by atoms with Gasteiger partial charge < -0.3 is 29.4 Å². The van der Waals surface area contributed by atoms with Gasteiger partial charge >= 0.3 is 11.9 Å². The number of aliphatic hydroxyl groups excluding tert-OH is 1. The molecule has 0 saturated heterocycles. The van der Waals surface area contributed by atoms with Crippen molar-refractivity contribution in [1.29, 1.82) is 0 Å². The summed E-state index contributed by atoms with van der Waals surface area (Å²) < 4.78 is 25.7. The van der Waals surface area contributed by atoms with Gasteiger partial charge in [0.1, 0.15) is 17.1 Å². The molecule has 0 aliphatic rings. The molecule has 0 bridgehead atoms. The summed E-state index contributed by atoms with van der Waals surface area (Å²) in [7, 11) is 0. The number of carbonyl (C=O) groups is 5. The van der Waals surface area contributed by atoms with Gasteiger partial charge in [-0.15, -0.1) is 0 Å². The van der Waals surface area contributed by atoms with Crippen LogP contribution in [0.15, 0.2) is 227 Å². The van der Waals surface area contributed by atoms with Gasteiger partial charge in [-0.3, -0.25) is 48.9 Å². The highest BCUT2D eigenvalue weighted by molar-refractivity contribution is 6.67. The fourth-order valence-electron chi connectivity index (χ4n) is 9.31. The van der Waals surface area contributed by atoms with Crippen LogP contribution in [0, 0.1) is 61.2 Å². The van der Waals surface area contributed by atoms with E-state index < -0.39 is 17.0 Å². The maximum atomic E-state index is 14.2. The fraction of sp³-hybridized carbons (Fsp3) is 0.165. The van der Waals surface area contributed by atoms with Crippen LogP contribution in [0.4, 0.5) is 15.8 Å². The number of benzene rings is 5. The second kappa shape index (κ2) is 36.2. The lowest BCUT2D eigenvalue weighted by molar-refractivity contribution is -0.138. The molecule has 18 nitrogen and oxygen atoms in total. The van der Waals surface area contributed by atoms with Gasteiger partial charge in [0.05, 0.1) is 47.7 Å². The third kappa shape index (κ3) is 20.8. The third-order valence-electron chi connectivity index (χ3n) is 15.3. The summed E-state index contributed by atoms with van der Waals surface area (Å²) in [6.45, 7) is 19.4. The Labute approximate surface area is 577 Å². The predicted molar refractivity (Wildman–Crippen MR) is 387 cm³/mol. The van der Waals surface area contributed by atoms with Crippen LogP contribution in [-0.2, 0) is 25.6 Å². The molecule has 0 atom stereocenters. The number of rotatable bonds is 16. The molecule has 0 spiro atoms. The minimum Gasteiger partial charge on any atom is -0.506 e. The zero-order valence-electron chi connectivity index (χ0n) is 56.4. The molecule has 0 amide bonds. The largest absolute Gasteiger partial charge is 0.506 e. The van der Waals surface area contributed by atoms with Gasteiger partial charge in [0.15, 0.2) is 11.6 Å². The number of nitrogens with one attached hydrogen (secondary N) is 2. The van der Waals surface area contributed by atoms with Gasteiger partial charge in [-0.25, -0.2) is 14.0 Å². The van der Waals surface area contributed by atoms with Gasteiger partial charge in [0.2, 0.25) is 10.9 Å². The minimum absolute atomic E-state index is 0.00856. The Balaban J connectivity index is 0.000000180. The van der Waals surface area contributed by atoms with Crippen molar-refractivity contribution >= 4 is 85.5 Å². The number of pyridine rings is 6. The number of aryl methyl sites for hydroxylation is 8. The number of carbonyl (C=O) groups excluding carboxylic acids is 5. The number of aromatic amines is 1. The van der Waals surface area contributed by atoms with Gasteiger partial charge in [-0.05, 0) is 182 Å². The number of aromatic nitrogens is 6. The van der Waals surface area contributed by atoms with E-state index in [9.17, 15) is 43.1 Å². The summed E-state index contributed by atoms with van der Waals surface area (Å²) in [5.41, 5.74) is 11.9. The number of nitrogens with zero attached hydrogens (tertiary/aromatic N) is 6. The lowest BCUT2D eigenvalue weighted by Crippen LogP contribution is -2.20. The zero-order chi connectivity index (χ0) is 71.7. The number of anilines is 1. The second-order valence-corrected chi connectivity index (χ2v) is 22.6. The minimum atomic E-state index is -0.632. The molecule has 3 N–H and O–H groups in total. The van der Waals surface area contributed by atoms with Gasteiger partial charge in [0, 0.05) is 123 Å². The average molecular weight is 1350 g/mol. The summed E-state index contributed by atoms with van der Waals surface area (Å²) in [5.74, 6) is -2.20. The molecule has 0 unspecified atom stereocenters. The summed E-state index contributed by atoms with van der Waals surface area (Å²) in [6.07, 6.45) is 13.2. The molecule has 6 heterocycles. The third-order valence-corrected chi connectivity index (χ3v) is 15.5. The van der Waals surface area contributed by atoms with Crippen LogP contribution in [0.1, 0.15) is 112 Å². The smallest absolute Gasteiger partial charge is 0.343 e. The topological polar surface area (TPSA) is 255 Å². The zero-order valence-corrected chi connectivity index (χ0v) is 57.1. The number of aliphatic hydroxyl groups is 1. The Bertz CT molecular complexity index is 4960. The summed E-state index contributed by atoms with van der Waals surface area (Å²) in [4.78, 5) is 109. The van der Waals surface area contributed by atoms with E-state index in [2.05, 4.69) is 35.2 Å². The lowest BCUT2D eigenvalue weighted by Gasteiger charge is -2.14. The highest BCUT2D eigenvalue weighted by Gasteiger charge is 2.21. The van der Waals surface area contributed by atoms with Crippen LogP contribution >= 0.6 is 11.6 Å². The van der Waals surface area contributed by atoms with E-state index in [1.54, 1.807) is 110 Å². The van der Waals surface area contributed by atoms with Crippen molar-refractivity contribution < 1.29 is 42.9 Å². The Morgan fingerprint density at radius 1 is 0.586 bits per heavy atom. The average Bonchev–Trinajstić information content (AvgIpc) is 0.782. The molecule has 504 valence electrons. The first-order valence-electron chi connectivity index (χ1n) is 31.3. The van der Waals surface area contributed by atoms with Crippen molar-refractivity contribution in [3.8, 4) is 0 Å². The Kier molecular flexibility index (Phi) is 27.2. The van der Waals surface area contributed by atoms with Gasteiger partial charge in [0.25, 0.3) is 5.24 Å². The summed E-state index contributed by atoms with van der Waals surface area (Å²) in [5, 5.41) is 13.9. The second-order valence-electron chi connectivity index (χ2n) is 22.3. The van der Waals surface area contributed by atoms with E-state index in [4.69, 9.17) is 21.1 Å². The van der Waals surface area contributed by atoms with E-state index in [-0.39, 0.29) is 64.0 Å². The first-order valence-corrected chi connectivity index (χ1v) is 31.7. The monoisotopic (exact) mass is 1350 g/mol. The van der Waals surface area contributed by atoms with Crippen LogP contribution in [0.3, 0.4) is 0 Å². The predicted octanol–water partition coefficient (Wildman–Crippen LogP) is 15.4. The maximum Gasteiger partial charge on any atom is 0.343 e. The highest BCUT2D eigenvalue weighted by atomic mass is 35.5. The van der Waals surface area contributed by atoms with E-state index in [0.29, 0.717) is 56.4 Å². The Morgan fingerprint density at radius 2 is 1.06 bits per heavy atom. The van der Waals surface area contributed by atoms with E-state index in [0.717, 1.165) is 56.2 Å². The van der Waals surface area contributed by atoms with Crippen LogP contribution in [-0.4, -0.2) is 82.8 Å². The molecule has 11 aromatic rings. The van der Waals surface area contributed by atoms with Crippen molar-refractivity contribution in [2.24, 2.45) is 4.99 Å². The molecule has 0 saturated carbocycles. The van der Waals surface area contributed by atoms with Crippen molar-refractivity contribution in [3.63, 3.8) is 0 Å². The molecule has 0 aliphatic heterocycles. The number of hydrogen-bond acceptors (Lipinski definition) is 16. The first kappa shape index (κ1) is 74.4. The van der Waals surface area contributed by atoms with Crippen LogP contribution in [0.2, 0.25) is 0 Å². The van der Waals surface area contributed by atoms with E-state index >= 15 is 0 Å². The molecular formula is C79H74ClFN8O10. The molecule has 6 aromatic heterocycles. The number of H-pyrrole nitrogens is 1. The fourth-order valence-corrected chi connectivity index (χ4v) is 9.42. The van der Waals surface area contributed by atoms with Crippen LogP contribution in [0.25, 0.3) is 27.6 Å². The molecule has 20 heteroatoms. The number of ketones is 2. The summed E-state index contributed by atoms with van der Waals surface area (Å²) in [6, 6.07) is 46.4. The number of hydrogen-bond donors (Lipinski definition) is 3. The number of esters is 2. The van der Waals surface area contributed by atoms with Crippen LogP contribution < -0.4 is 16.2 Å². The summed E-state index contributed by atoms with van der Waals surface area (Å²) >= 11 is 5.25. The Morgan fingerprint density at radius 3 is 1.63 bits per heavy atom. The molecule has 0 radical (unpaired) electrons. The van der Waals surface area contributed by atoms with Crippen molar-refractivity contribution in [2.45, 2.75) is 75.8 Å². The molecule has 0 fully saturated rings. The van der Waals surface area contributed by atoms with Gasteiger partial charge in [-0.2, -0.15) is 0 Å². The molecule has 5 aromatic carbocycles. The van der Waals surface area contributed by atoms with E-state index in [1.165, 1.54) is 55.5 Å². The number of aliphatic imine (C=N–C) groups is 1. The quantitative estimate of drug-likeness (QED) is 0.0203. The molecule has 99 heavy (non-hydrogen) atoms. The Hall–Kier alpha value is -12.0. The lowest BCUT2D eigenvalue weighted by atomic mass is 10.0. The SMILES string of the molecule is CCOC(=O)C(C=Nc1ccccc1)=C(O)c1cnc(C)c(C)c1.CCOC(=O)C=CNc1ccccc1.Cc1cc(C(=O)Cl)cnc1C.Cc1cc(C(=O)c2c[nH]c3ccccc3c2=O)cnc1C.Cc1cc(C(=O)c2cn(Cc3ccccc3F)c3ccccc3c2=O)cnc1C. The standard InChI is InChI=1S/C24H19FN2O2.C19H20N2O3.C17H14N2O2.C11H13NO2.C8H8ClNO/c1-15-11-18(12-26-16(15)2)23(28)20-14-27(13-17-7-3-5-9-21(17)25)22-10-6-4-8-19(22)24(20)29;1-4-24-19(23)17(12-21-16-8-6-5-7-9-16)18(22)15-10-13(2)14(3)20-11-15;1-10-7-12(8-18-11(10)2)16(20)14-9-19-15-6-4-3-5-13(15)17(14)21;1-2-14-11(13)8-9-12-10-6-4-3-5-7-10;1-5-3-7(8(9)11)4-10-6(5)2/h3-12,14H,13H2,1-2H3;5-12,22H,4H2,1-3H3;3-9H,1-2H3,(H,19,21);3-9,12H,2H2,1H3;3-4H,1-2H3. The number of ether oxygens (including phenoxy) is 2. The maximum absolute atomic E-state index is 14.2. The van der Waals surface area contributed by atoms with Crippen LogP contribution in [0.5, 0.6) is 0 Å².